The minimum Gasteiger partial charge on any atom is -0.497 e. The van der Waals surface area contributed by atoms with Crippen molar-refractivity contribution in [2.24, 2.45) is 0 Å². The second-order valence-corrected chi connectivity index (χ2v) is 7.16. The molecule has 27 heavy (non-hydrogen) atoms. The Morgan fingerprint density at radius 2 is 1.74 bits per heavy atom. The van der Waals surface area contributed by atoms with Crippen molar-refractivity contribution in [2.45, 2.75) is 13.0 Å². The molecule has 1 unspecified atom stereocenters. The Balaban J connectivity index is 1.83. The van der Waals surface area contributed by atoms with E-state index in [-0.39, 0.29) is 11.8 Å². The monoisotopic (exact) mass is 432 g/mol. The van der Waals surface area contributed by atoms with Crippen LogP contribution in [-0.4, -0.2) is 50.1 Å². The van der Waals surface area contributed by atoms with Crippen LogP contribution in [0.15, 0.2) is 46.9 Å². The average molecular weight is 433 g/mol. The minimum atomic E-state index is -0.567. The summed E-state index contributed by atoms with van der Waals surface area (Å²) in [6.07, 6.45) is 0. The van der Waals surface area contributed by atoms with Gasteiger partial charge in [0, 0.05) is 34.9 Å². The maximum absolute atomic E-state index is 13.0. The third kappa shape index (κ3) is 3.93. The van der Waals surface area contributed by atoms with Crippen molar-refractivity contribution < 1.29 is 19.1 Å². The molecule has 142 valence electrons. The second-order valence-electron chi connectivity index (χ2n) is 6.25. The Labute approximate surface area is 166 Å². The number of benzene rings is 2. The smallest absolute Gasteiger partial charge is 0.254 e. The molecule has 0 N–H and O–H groups in total. The van der Waals surface area contributed by atoms with Crippen molar-refractivity contribution in [2.75, 3.05) is 32.2 Å². The first kappa shape index (κ1) is 19.2. The molecular weight excluding hydrogens is 412 g/mol. The van der Waals surface area contributed by atoms with Crippen LogP contribution in [0.2, 0.25) is 0 Å². The largest absolute Gasteiger partial charge is 0.497 e. The molecule has 0 spiro atoms. The normalized spacial score (nSPS) is 17.0. The topological polar surface area (TPSA) is 59.1 Å². The molecule has 1 aliphatic rings. The zero-order chi connectivity index (χ0) is 19.6. The van der Waals surface area contributed by atoms with Crippen LogP contribution in [0.25, 0.3) is 0 Å². The first-order valence-electron chi connectivity index (χ1n) is 8.55. The molecule has 0 aliphatic carbocycles. The van der Waals surface area contributed by atoms with E-state index in [0.29, 0.717) is 30.2 Å². The Morgan fingerprint density at radius 1 is 1.07 bits per heavy atom. The van der Waals surface area contributed by atoms with Crippen LogP contribution in [-0.2, 0) is 4.79 Å². The summed E-state index contributed by atoms with van der Waals surface area (Å²) in [6, 6.07) is 12.0. The molecule has 1 atom stereocenters. The van der Waals surface area contributed by atoms with Crippen LogP contribution in [0.3, 0.4) is 0 Å². The van der Waals surface area contributed by atoms with Crippen LogP contribution in [0.4, 0.5) is 5.69 Å². The number of carbonyl (C=O) groups excluding carboxylic acids is 2. The van der Waals surface area contributed by atoms with Gasteiger partial charge in [-0.2, -0.15) is 0 Å². The molecule has 3 rings (SSSR count). The Bertz CT molecular complexity index is 849. The van der Waals surface area contributed by atoms with Crippen LogP contribution in [0.1, 0.15) is 17.3 Å². The van der Waals surface area contributed by atoms with Crippen LogP contribution in [0.5, 0.6) is 11.5 Å². The van der Waals surface area contributed by atoms with Crippen molar-refractivity contribution in [1.82, 2.24) is 4.90 Å². The average Bonchev–Trinajstić information content (AvgIpc) is 2.69. The fourth-order valence-electron chi connectivity index (χ4n) is 3.14. The summed E-state index contributed by atoms with van der Waals surface area (Å²) in [5, 5.41) is 0. The van der Waals surface area contributed by atoms with E-state index in [9.17, 15) is 9.59 Å². The van der Waals surface area contributed by atoms with Gasteiger partial charge in [-0.25, -0.2) is 0 Å². The molecule has 6 nitrogen and oxygen atoms in total. The van der Waals surface area contributed by atoms with E-state index in [1.54, 1.807) is 34.9 Å². The summed E-state index contributed by atoms with van der Waals surface area (Å²) >= 11 is 3.43. The lowest BCUT2D eigenvalue weighted by molar-refractivity contribution is -0.124. The predicted octanol–water partition coefficient (Wildman–Crippen LogP) is 3.34. The summed E-state index contributed by atoms with van der Waals surface area (Å²) < 4.78 is 11.4. The third-order valence-electron chi connectivity index (χ3n) is 4.63. The summed E-state index contributed by atoms with van der Waals surface area (Å²) in [5.74, 6) is 0.735. The molecule has 2 amide bonds. The number of anilines is 1. The van der Waals surface area contributed by atoms with E-state index in [1.165, 1.54) is 14.2 Å². The molecule has 0 saturated carbocycles. The number of rotatable bonds is 4. The maximum atomic E-state index is 13.0. The van der Waals surface area contributed by atoms with Gasteiger partial charge in [0.25, 0.3) is 5.91 Å². The predicted molar refractivity (Wildman–Crippen MR) is 107 cm³/mol. The molecule has 0 bridgehead atoms. The molecule has 1 saturated heterocycles. The van der Waals surface area contributed by atoms with Crippen molar-refractivity contribution in [3.63, 3.8) is 0 Å². The number of ether oxygens (including phenoxy) is 2. The van der Waals surface area contributed by atoms with Gasteiger partial charge in [0.2, 0.25) is 5.91 Å². The lowest BCUT2D eigenvalue weighted by Gasteiger charge is -2.39. The van der Waals surface area contributed by atoms with Crippen molar-refractivity contribution >= 4 is 33.4 Å². The molecule has 2 aromatic carbocycles. The SMILES string of the molecule is COc1cc(OC)cc(C(=O)N2CCN(c3cccc(Br)c3)C(=O)C2C)c1. The molecule has 1 heterocycles. The Hall–Kier alpha value is -2.54. The highest BCUT2D eigenvalue weighted by atomic mass is 79.9. The van der Waals surface area contributed by atoms with Crippen LogP contribution < -0.4 is 14.4 Å². The van der Waals surface area contributed by atoms with Gasteiger partial charge < -0.3 is 19.3 Å². The zero-order valence-corrected chi connectivity index (χ0v) is 17.0. The standard InChI is InChI=1S/C20H21BrN2O4/c1-13-19(24)23(16-6-4-5-15(21)11-16)8-7-22(13)20(25)14-9-17(26-2)12-18(10-14)27-3/h4-6,9-13H,7-8H2,1-3H3. The van der Waals surface area contributed by atoms with E-state index >= 15 is 0 Å². The number of amides is 2. The molecule has 7 heteroatoms. The van der Waals surface area contributed by atoms with Gasteiger partial charge in [0.1, 0.15) is 17.5 Å². The second kappa shape index (κ2) is 8.00. The van der Waals surface area contributed by atoms with Gasteiger partial charge in [-0.3, -0.25) is 9.59 Å². The van der Waals surface area contributed by atoms with Gasteiger partial charge in [-0.1, -0.05) is 22.0 Å². The van der Waals surface area contributed by atoms with Crippen LogP contribution >= 0.6 is 15.9 Å². The summed E-state index contributed by atoms with van der Waals surface area (Å²) in [7, 11) is 3.07. The molecule has 2 aromatic rings. The zero-order valence-electron chi connectivity index (χ0n) is 15.4. The van der Waals surface area contributed by atoms with E-state index in [4.69, 9.17) is 9.47 Å². The number of carbonyl (C=O) groups is 2. The van der Waals surface area contributed by atoms with Crippen molar-refractivity contribution in [3.8, 4) is 11.5 Å². The number of halogens is 1. The molecular formula is C20H21BrN2O4. The minimum absolute atomic E-state index is 0.109. The van der Waals surface area contributed by atoms with Crippen molar-refractivity contribution in [3.05, 3.63) is 52.5 Å². The molecule has 0 aromatic heterocycles. The quantitative estimate of drug-likeness (QED) is 0.742. The van der Waals surface area contributed by atoms with Gasteiger partial charge in [0.15, 0.2) is 0 Å². The number of hydrogen-bond donors (Lipinski definition) is 0. The highest BCUT2D eigenvalue weighted by Gasteiger charge is 2.35. The summed E-state index contributed by atoms with van der Waals surface area (Å²) in [4.78, 5) is 29.2. The van der Waals surface area contributed by atoms with Gasteiger partial charge in [-0.05, 0) is 37.3 Å². The molecule has 1 aliphatic heterocycles. The number of methoxy groups -OCH3 is 2. The lowest BCUT2D eigenvalue weighted by atomic mass is 10.1. The number of piperazine rings is 1. The Kier molecular flexibility index (Phi) is 5.70. The Morgan fingerprint density at radius 3 is 2.33 bits per heavy atom. The van der Waals surface area contributed by atoms with E-state index in [1.807, 2.05) is 24.3 Å². The summed E-state index contributed by atoms with van der Waals surface area (Å²) in [6.45, 7) is 2.63. The van der Waals surface area contributed by atoms with Gasteiger partial charge in [0.05, 0.1) is 14.2 Å². The fourth-order valence-corrected chi connectivity index (χ4v) is 3.53. The maximum Gasteiger partial charge on any atom is 0.254 e. The van der Waals surface area contributed by atoms with E-state index in [0.717, 1.165) is 10.2 Å². The third-order valence-corrected chi connectivity index (χ3v) is 5.13. The van der Waals surface area contributed by atoms with Crippen molar-refractivity contribution in [1.29, 1.82) is 0 Å². The number of hydrogen-bond acceptors (Lipinski definition) is 4. The van der Waals surface area contributed by atoms with Gasteiger partial charge in [-0.15, -0.1) is 0 Å². The highest BCUT2D eigenvalue weighted by molar-refractivity contribution is 9.10. The molecule has 0 radical (unpaired) electrons. The lowest BCUT2D eigenvalue weighted by Crippen LogP contribution is -2.57. The number of nitrogens with zero attached hydrogens (tertiary/aromatic N) is 2. The van der Waals surface area contributed by atoms with E-state index < -0.39 is 6.04 Å². The summed E-state index contributed by atoms with van der Waals surface area (Å²) in [5.41, 5.74) is 1.25. The highest BCUT2D eigenvalue weighted by Crippen LogP contribution is 2.27. The first-order valence-corrected chi connectivity index (χ1v) is 9.35. The first-order chi connectivity index (χ1) is 12.9. The van der Waals surface area contributed by atoms with E-state index in [2.05, 4.69) is 15.9 Å². The molecule has 1 fully saturated rings. The fraction of sp³-hybridized carbons (Fsp3) is 0.300. The van der Waals surface area contributed by atoms with Gasteiger partial charge >= 0.3 is 0 Å². The van der Waals surface area contributed by atoms with Crippen LogP contribution in [0, 0.1) is 0 Å².